The number of nitrogens with zero attached hydrogens (tertiary/aromatic N) is 1. The molecule has 2 fully saturated rings. The van der Waals surface area contributed by atoms with E-state index in [9.17, 15) is 4.39 Å². The molecule has 4 rings (SSSR count). The first-order chi connectivity index (χ1) is 9.24. The van der Waals surface area contributed by atoms with Crippen molar-refractivity contribution in [2.45, 2.75) is 18.9 Å². The lowest BCUT2D eigenvalue weighted by atomic mass is 9.63. The van der Waals surface area contributed by atoms with Gasteiger partial charge in [-0.3, -0.25) is 4.98 Å². The van der Waals surface area contributed by atoms with Crippen molar-refractivity contribution >= 4 is 23.3 Å². The van der Waals surface area contributed by atoms with Crippen molar-refractivity contribution in [2.24, 2.45) is 5.41 Å². The van der Waals surface area contributed by atoms with Crippen LogP contribution >= 0.6 is 12.4 Å². The summed E-state index contributed by atoms with van der Waals surface area (Å²) in [4.78, 5) is 4.23. The zero-order chi connectivity index (χ0) is 12.9. The standard InChI is InChI=1S/C15H15FN2O.ClH/c16-10-1-2-13-12(5-10)14(3-4-18-13)19-11-6-15(7-11)8-17-9-15;/h1-5,11,17H,6-9H2;1H. The van der Waals surface area contributed by atoms with Crippen molar-refractivity contribution < 1.29 is 9.13 Å². The molecule has 20 heavy (non-hydrogen) atoms. The molecule has 2 aliphatic rings. The summed E-state index contributed by atoms with van der Waals surface area (Å²) < 4.78 is 19.4. The molecule has 1 aromatic carbocycles. The molecule has 1 aromatic heterocycles. The number of hydrogen-bond donors (Lipinski definition) is 1. The van der Waals surface area contributed by atoms with E-state index in [0.29, 0.717) is 5.41 Å². The second-order valence-electron chi connectivity index (χ2n) is 5.72. The zero-order valence-electron chi connectivity index (χ0n) is 10.9. The normalized spacial score (nSPS) is 20.1. The molecule has 0 atom stereocenters. The Morgan fingerprint density at radius 1 is 1.25 bits per heavy atom. The molecule has 0 amide bonds. The predicted molar refractivity (Wildman–Crippen MR) is 77.9 cm³/mol. The number of halogens is 2. The SMILES string of the molecule is Cl.Fc1ccc2nccc(OC3CC4(CNC4)C3)c2c1. The summed E-state index contributed by atoms with van der Waals surface area (Å²) in [6.45, 7) is 2.22. The van der Waals surface area contributed by atoms with Crippen molar-refractivity contribution in [3.05, 3.63) is 36.3 Å². The van der Waals surface area contributed by atoms with Gasteiger partial charge in [0.05, 0.1) is 11.6 Å². The third kappa shape index (κ3) is 2.13. The van der Waals surface area contributed by atoms with Crippen LogP contribution in [0.25, 0.3) is 10.9 Å². The average Bonchev–Trinajstić information content (AvgIpc) is 2.31. The number of aromatic nitrogens is 1. The highest BCUT2D eigenvalue weighted by molar-refractivity contribution is 5.85. The van der Waals surface area contributed by atoms with E-state index >= 15 is 0 Å². The van der Waals surface area contributed by atoms with Gasteiger partial charge in [-0.1, -0.05) is 0 Å². The van der Waals surface area contributed by atoms with Crippen LogP contribution in [0.5, 0.6) is 5.75 Å². The van der Waals surface area contributed by atoms with Crippen LogP contribution in [0.2, 0.25) is 0 Å². The van der Waals surface area contributed by atoms with Crippen LogP contribution < -0.4 is 10.1 Å². The Morgan fingerprint density at radius 2 is 2.05 bits per heavy atom. The number of rotatable bonds is 2. The summed E-state index contributed by atoms with van der Waals surface area (Å²) in [6.07, 6.45) is 4.17. The van der Waals surface area contributed by atoms with Gasteiger partial charge in [-0.05, 0) is 37.1 Å². The maximum absolute atomic E-state index is 13.3. The Morgan fingerprint density at radius 3 is 2.75 bits per heavy atom. The van der Waals surface area contributed by atoms with Gasteiger partial charge < -0.3 is 10.1 Å². The van der Waals surface area contributed by atoms with Crippen molar-refractivity contribution in [1.29, 1.82) is 0 Å². The summed E-state index contributed by atoms with van der Waals surface area (Å²) in [5.74, 6) is 0.496. The average molecular weight is 295 g/mol. The summed E-state index contributed by atoms with van der Waals surface area (Å²) in [6, 6.07) is 6.44. The highest BCUT2D eigenvalue weighted by Crippen LogP contribution is 2.46. The summed E-state index contributed by atoms with van der Waals surface area (Å²) in [5, 5.41) is 4.07. The molecular formula is C15H16ClFN2O. The highest BCUT2D eigenvalue weighted by atomic mass is 35.5. The van der Waals surface area contributed by atoms with E-state index in [1.54, 1.807) is 12.3 Å². The third-order valence-corrected chi connectivity index (χ3v) is 4.28. The van der Waals surface area contributed by atoms with Crippen LogP contribution in [0.4, 0.5) is 4.39 Å². The van der Waals surface area contributed by atoms with Gasteiger partial charge in [-0.15, -0.1) is 12.4 Å². The van der Waals surface area contributed by atoms with Crippen LogP contribution in [0.15, 0.2) is 30.5 Å². The minimum Gasteiger partial charge on any atom is -0.490 e. The van der Waals surface area contributed by atoms with E-state index in [1.165, 1.54) is 12.1 Å². The lowest BCUT2D eigenvalue weighted by Gasteiger charge is -2.53. The molecule has 0 bridgehead atoms. The first-order valence-electron chi connectivity index (χ1n) is 6.66. The number of pyridine rings is 1. The smallest absolute Gasteiger partial charge is 0.130 e. The van der Waals surface area contributed by atoms with E-state index in [0.717, 1.165) is 42.6 Å². The summed E-state index contributed by atoms with van der Waals surface area (Å²) >= 11 is 0. The Kier molecular flexibility index (Phi) is 3.30. The molecule has 5 heteroatoms. The number of nitrogens with one attached hydrogen (secondary N) is 1. The summed E-state index contributed by atoms with van der Waals surface area (Å²) in [7, 11) is 0. The first kappa shape index (κ1) is 13.6. The Bertz CT molecular complexity index is 637. The largest absolute Gasteiger partial charge is 0.490 e. The van der Waals surface area contributed by atoms with Gasteiger partial charge in [-0.25, -0.2) is 4.39 Å². The molecule has 1 aliphatic heterocycles. The van der Waals surface area contributed by atoms with Crippen LogP contribution in [-0.2, 0) is 0 Å². The van der Waals surface area contributed by atoms with Crippen molar-refractivity contribution in [2.75, 3.05) is 13.1 Å². The van der Waals surface area contributed by atoms with Crippen LogP contribution in [0, 0.1) is 11.2 Å². The highest BCUT2D eigenvalue weighted by Gasteiger charge is 2.49. The number of fused-ring (bicyclic) bond motifs is 1. The maximum Gasteiger partial charge on any atom is 0.130 e. The molecule has 1 N–H and O–H groups in total. The van der Waals surface area contributed by atoms with Gasteiger partial charge in [0.25, 0.3) is 0 Å². The first-order valence-corrected chi connectivity index (χ1v) is 6.66. The number of benzene rings is 1. The Hall–Kier alpha value is -1.39. The van der Waals surface area contributed by atoms with E-state index in [4.69, 9.17) is 4.74 Å². The predicted octanol–water partition coefficient (Wildman–Crippen LogP) is 2.93. The van der Waals surface area contributed by atoms with Crippen LogP contribution in [-0.4, -0.2) is 24.2 Å². The molecule has 1 saturated carbocycles. The van der Waals surface area contributed by atoms with Crippen LogP contribution in [0.1, 0.15) is 12.8 Å². The fraction of sp³-hybridized carbons (Fsp3) is 0.400. The van der Waals surface area contributed by atoms with E-state index in [-0.39, 0.29) is 24.3 Å². The molecule has 1 saturated heterocycles. The van der Waals surface area contributed by atoms with Crippen molar-refractivity contribution in [1.82, 2.24) is 10.3 Å². The maximum atomic E-state index is 13.3. The zero-order valence-corrected chi connectivity index (χ0v) is 11.8. The second-order valence-corrected chi connectivity index (χ2v) is 5.72. The fourth-order valence-corrected chi connectivity index (χ4v) is 3.13. The molecule has 1 aliphatic carbocycles. The molecular weight excluding hydrogens is 279 g/mol. The molecule has 1 spiro atoms. The van der Waals surface area contributed by atoms with Gasteiger partial charge in [0, 0.05) is 30.1 Å². The molecule has 0 radical (unpaired) electrons. The fourth-order valence-electron chi connectivity index (χ4n) is 3.13. The summed E-state index contributed by atoms with van der Waals surface area (Å²) in [5.41, 5.74) is 1.26. The van der Waals surface area contributed by atoms with E-state index < -0.39 is 0 Å². The third-order valence-electron chi connectivity index (χ3n) is 4.28. The van der Waals surface area contributed by atoms with Crippen LogP contribution in [0.3, 0.4) is 0 Å². The van der Waals surface area contributed by atoms with Gasteiger partial charge in [-0.2, -0.15) is 0 Å². The monoisotopic (exact) mass is 294 g/mol. The van der Waals surface area contributed by atoms with Gasteiger partial charge >= 0.3 is 0 Å². The van der Waals surface area contributed by atoms with Gasteiger partial charge in [0.2, 0.25) is 0 Å². The van der Waals surface area contributed by atoms with Gasteiger partial charge in [0.1, 0.15) is 11.6 Å². The number of hydrogen-bond acceptors (Lipinski definition) is 3. The Labute approximate surface area is 122 Å². The van der Waals surface area contributed by atoms with E-state index in [2.05, 4.69) is 10.3 Å². The van der Waals surface area contributed by atoms with Crippen molar-refractivity contribution in [3.63, 3.8) is 0 Å². The Balaban J connectivity index is 0.00000121. The molecule has 3 nitrogen and oxygen atoms in total. The molecule has 2 aromatic rings. The lowest BCUT2D eigenvalue weighted by molar-refractivity contribution is -0.0489. The van der Waals surface area contributed by atoms with Crippen molar-refractivity contribution in [3.8, 4) is 5.75 Å². The molecule has 2 heterocycles. The lowest BCUT2D eigenvalue weighted by Crippen LogP contribution is -2.62. The topological polar surface area (TPSA) is 34.1 Å². The minimum atomic E-state index is -0.251. The minimum absolute atomic E-state index is 0. The molecule has 0 unspecified atom stereocenters. The molecule has 106 valence electrons. The second kappa shape index (κ2) is 4.86. The van der Waals surface area contributed by atoms with E-state index in [1.807, 2.05) is 6.07 Å². The quantitative estimate of drug-likeness (QED) is 0.925. The van der Waals surface area contributed by atoms with Gasteiger partial charge in [0.15, 0.2) is 0 Å². The number of ether oxygens (including phenoxy) is 1.